The van der Waals surface area contributed by atoms with Crippen molar-refractivity contribution in [2.24, 2.45) is 5.73 Å². The van der Waals surface area contributed by atoms with Gasteiger partial charge in [0.15, 0.2) is 5.69 Å². The largest absolute Gasteiger partial charge is 0.489 e. The van der Waals surface area contributed by atoms with Gasteiger partial charge in [-0.15, -0.1) is 0 Å². The van der Waals surface area contributed by atoms with Gasteiger partial charge < -0.3 is 10.5 Å². The van der Waals surface area contributed by atoms with Gasteiger partial charge in [0.25, 0.3) is 5.91 Å². The first-order valence-electron chi connectivity index (χ1n) is 7.50. The number of primary amides is 1. The lowest BCUT2D eigenvalue weighted by atomic mass is 10.1. The number of carbonyl (C=O) groups excluding carboxylic acids is 1. The number of nitrogens with zero attached hydrogens (tertiary/aromatic N) is 2. The zero-order valence-corrected chi connectivity index (χ0v) is 14.7. The zero-order chi connectivity index (χ0) is 17.6. The van der Waals surface area contributed by atoms with E-state index in [9.17, 15) is 4.79 Å². The van der Waals surface area contributed by atoms with E-state index in [2.05, 4.69) is 31.3 Å². The summed E-state index contributed by atoms with van der Waals surface area (Å²) in [6, 6.07) is 15.4. The summed E-state index contributed by atoms with van der Waals surface area (Å²) in [5.74, 6) is -0.0732. The van der Waals surface area contributed by atoms with E-state index >= 15 is 0 Å². The first kappa shape index (κ1) is 16.9. The fraction of sp³-hybridized carbons (Fsp3) is 0.0556. The third kappa shape index (κ3) is 4.13. The Labute approximate surface area is 152 Å². The minimum Gasteiger partial charge on any atom is -0.489 e. The van der Waals surface area contributed by atoms with Crippen LogP contribution >= 0.6 is 15.9 Å². The first-order chi connectivity index (χ1) is 12.1. The van der Waals surface area contributed by atoms with Crippen LogP contribution < -0.4 is 10.5 Å². The topological polar surface area (TPSA) is 93.9 Å². The number of benzene rings is 2. The lowest BCUT2D eigenvalue weighted by Gasteiger charge is -2.09. The maximum atomic E-state index is 11.5. The van der Waals surface area contributed by atoms with Gasteiger partial charge in [-0.2, -0.15) is 15.4 Å². The minimum absolute atomic E-state index is 0.0720. The molecule has 0 spiro atoms. The summed E-state index contributed by atoms with van der Waals surface area (Å²) in [7, 11) is 0. The molecule has 0 unspecified atom stereocenters. The molecule has 0 saturated heterocycles. The molecule has 0 aliphatic rings. The third-order valence-corrected chi connectivity index (χ3v) is 3.92. The van der Waals surface area contributed by atoms with E-state index in [0.29, 0.717) is 23.6 Å². The van der Waals surface area contributed by atoms with E-state index in [-0.39, 0.29) is 5.69 Å². The van der Waals surface area contributed by atoms with Crippen molar-refractivity contribution in [3.8, 4) is 17.0 Å². The molecule has 0 fully saturated rings. The molecule has 0 radical (unpaired) electrons. The molecule has 2 aromatic carbocycles. The highest BCUT2D eigenvalue weighted by Gasteiger charge is 2.19. The Bertz CT molecular complexity index is 906. The highest BCUT2D eigenvalue weighted by Crippen LogP contribution is 2.32. The SMILES string of the molecule is NC(=O)c1n[nH]nc1-c1cc(Br)ccc1OCC=Cc1ccccc1. The Morgan fingerprint density at radius 1 is 1.20 bits per heavy atom. The summed E-state index contributed by atoms with van der Waals surface area (Å²) in [6.45, 7) is 0.368. The molecule has 6 nitrogen and oxygen atoms in total. The van der Waals surface area contributed by atoms with Gasteiger partial charge in [0.2, 0.25) is 0 Å². The van der Waals surface area contributed by atoms with E-state index in [1.54, 1.807) is 12.1 Å². The van der Waals surface area contributed by atoms with Gasteiger partial charge in [0, 0.05) is 10.0 Å². The van der Waals surface area contributed by atoms with Gasteiger partial charge in [-0.3, -0.25) is 4.79 Å². The number of rotatable bonds is 6. The van der Waals surface area contributed by atoms with E-state index in [1.165, 1.54) is 0 Å². The molecule has 25 heavy (non-hydrogen) atoms. The standard InChI is InChI=1S/C18H15BrN4O2/c19-13-8-9-15(25-10-4-7-12-5-2-1-3-6-12)14(11-13)16-17(18(20)24)22-23-21-16/h1-9,11H,10H2,(H2,20,24)(H,21,22,23). The molecule has 3 rings (SSSR count). The summed E-state index contributed by atoms with van der Waals surface area (Å²) in [5.41, 5.74) is 7.50. The average Bonchev–Trinajstić information content (AvgIpc) is 3.10. The second-order valence-electron chi connectivity index (χ2n) is 5.15. The number of hydrogen-bond donors (Lipinski definition) is 2. The average molecular weight is 399 g/mol. The molecule has 1 aromatic heterocycles. The minimum atomic E-state index is -0.654. The molecule has 1 amide bonds. The molecule has 0 aliphatic carbocycles. The fourth-order valence-electron chi connectivity index (χ4n) is 2.29. The summed E-state index contributed by atoms with van der Waals surface area (Å²) >= 11 is 3.41. The number of ether oxygens (including phenoxy) is 1. The Morgan fingerprint density at radius 3 is 2.76 bits per heavy atom. The molecule has 3 aromatic rings. The Morgan fingerprint density at radius 2 is 2.00 bits per heavy atom. The van der Waals surface area contributed by atoms with Crippen LogP contribution in [-0.4, -0.2) is 27.9 Å². The lowest BCUT2D eigenvalue weighted by Crippen LogP contribution is -2.13. The van der Waals surface area contributed by atoms with Crippen LogP contribution in [0.4, 0.5) is 0 Å². The van der Waals surface area contributed by atoms with Gasteiger partial charge in [-0.25, -0.2) is 0 Å². The van der Waals surface area contributed by atoms with Gasteiger partial charge in [-0.05, 0) is 29.8 Å². The molecule has 0 aliphatic heterocycles. The molecule has 7 heteroatoms. The normalized spacial score (nSPS) is 10.9. The Kier molecular flexibility index (Phi) is 5.25. The van der Waals surface area contributed by atoms with Crippen LogP contribution in [-0.2, 0) is 0 Å². The van der Waals surface area contributed by atoms with Crippen molar-refractivity contribution in [2.75, 3.05) is 6.61 Å². The van der Waals surface area contributed by atoms with Crippen molar-refractivity contribution in [1.82, 2.24) is 15.4 Å². The van der Waals surface area contributed by atoms with Crippen molar-refractivity contribution in [2.45, 2.75) is 0 Å². The van der Waals surface area contributed by atoms with Crippen LogP contribution in [0.3, 0.4) is 0 Å². The molecule has 3 N–H and O–H groups in total. The van der Waals surface area contributed by atoms with Crippen LogP contribution in [0.15, 0.2) is 59.1 Å². The number of nitrogens with two attached hydrogens (primary N) is 1. The van der Waals surface area contributed by atoms with E-state index in [1.807, 2.05) is 48.6 Å². The predicted molar refractivity (Wildman–Crippen MR) is 99.0 cm³/mol. The highest BCUT2D eigenvalue weighted by molar-refractivity contribution is 9.10. The molecule has 0 saturated carbocycles. The smallest absolute Gasteiger partial charge is 0.271 e. The van der Waals surface area contributed by atoms with Crippen molar-refractivity contribution >= 4 is 27.9 Å². The van der Waals surface area contributed by atoms with Crippen LogP contribution in [0.2, 0.25) is 0 Å². The van der Waals surface area contributed by atoms with Crippen molar-refractivity contribution in [3.05, 3.63) is 70.3 Å². The van der Waals surface area contributed by atoms with Gasteiger partial charge in [-0.1, -0.05) is 52.3 Å². The monoisotopic (exact) mass is 398 g/mol. The van der Waals surface area contributed by atoms with E-state index in [4.69, 9.17) is 10.5 Å². The number of nitrogens with one attached hydrogen (secondary N) is 1. The number of aromatic amines is 1. The number of hydrogen-bond acceptors (Lipinski definition) is 4. The molecule has 126 valence electrons. The van der Waals surface area contributed by atoms with Gasteiger partial charge >= 0.3 is 0 Å². The summed E-state index contributed by atoms with van der Waals surface area (Å²) in [6.07, 6.45) is 3.89. The third-order valence-electron chi connectivity index (χ3n) is 3.42. The summed E-state index contributed by atoms with van der Waals surface area (Å²) in [4.78, 5) is 11.5. The predicted octanol–water partition coefficient (Wildman–Crippen LogP) is 3.43. The van der Waals surface area contributed by atoms with Crippen LogP contribution in [0.5, 0.6) is 5.75 Å². The second kappa shape index (κ2) is 7.76. The quantitative estimate of drug-likeness (QED) is 0.664. The first-order valence-corrected chi connectivity index (χ1v) is 8.29. The van der Waals surface area contributed by atoms with Gasteiger partial charge in [0.05, 0.1) is 0 Å². The molecule has 0 atom stereocenters. The number of carbonyl (C=O) groups is 1. The van der Waals surface area contributed by atoms with E-state index < -0.39 is 5.91 Å². The maximum Gasteiger partial charge on any atom is 0.271 e. The van der Waals surface area contributed by atoms with Crippen molar-refractivity contribution in [3.63, 3.8) is 0 Å². The molecular formula is C18H15BrN4O2. The number of H-pyrrole nitrogens is 1. The van der Waals surface area contributed by atoms with Crippen LogP contribution in [0.25, 0.3) is 17.3 Å². The van der Waals surface area contributed by atoms with E-state index in [0.717, 1.165) is 10.0 Å². The van der Waals surface area contributed by atoms with Crippen LogP contribution in [0.1, 0.15) is 16.1 Å². The van der Waals surface area contributed by atoms with Crippen molar-refractivity contribution < 1.29 is 9.53 Å². The summed E-state index contributed by atoms with van der Waals surface area (Å²) in [5, 5.41) is 10.3. The molecule has 0 bridgehead atoms. The van der Waals surface area contributed by atoms with Gasteiger partial charge in [0.1, 0.15) is 18.1 Å². The lowest BCUT2D eigenvalue weighted by molar-refractivity contribution is 0.0996. The fourth-order valence-corrected chi connectivity index (χ4v) is 2.65. The Balaban J connectivity index is 1.81. The number of aromatic nitrogens is 3. The zero-order valence-electron chi connectivity index (χ0n) is 13.1. The van der Waals surface area contributed by atoms with Crippen LogP contribution in [0, 0.1) is 0 Å². The Hall–Kier alpha value is -2.93. The number of amides is 1. The second-order valence-corrected chi connectivity index (χ2v) is 6.07. The van der Waals surface area contributed by atoms with Crippen molar-refractivity contribution in [1.29, 1.82) is 0 Å². The molecular weight excluding hydrogens is 384 g/mol. The number of halogens is 1. The molecule has 1 heterocycles. The maximum absolute atomic E-state index is 11.5. The highest BCUT2D eigenvalue weighted by atomic mass is 79.9. The summed E-state index contributed by atoms with van der Waals surface area (Å²) < 4.78 is 6.66.